The molecular formula is C14H26N2. The summed E-state index contributed by atoms with van der Waals surface area (Å²) >= 11 is 0. The van der Waals surface area contributed by atoms with Gasteiger partial charge in [0.25, 0.3) is 0 Å². The zero-order valence-corrected chi connectivity index (χ0v) is 11.0. The minimum absolute atomic E-state index is 0.629. The summed E-state index contributed by atoms with van der Waals surface area (Å²) in [5.41, 5.74) is 1.58. The van der Waals surface area contributed by atoms with Crippen molar-refractivity contribution in [3.05, 3.63) is 11.6 Å². The molecule has 2 rings (SSSR count). The van der Waals surface area contributed by atoms with Gasteiger partial charge in [0.2, 0.25) is 0 Å². The van der Waals surface area contributed by atoms with Gasteiger partial charge in [-0.3, -0.25) is 4.90 Å². The third-order valence-corrected chi connectivity index (χ3v) is 4.10. The van der Waals surface area contributed by atoms with Crippen molar-refractivity contribution >= 4 is 0 Å². The zero-order valence-electron chi connectivity index (χ0n) is 11.0. The van der Waals surface area contributed by atoms with Gasteiger partial charge in [-0.05, 0) is 38.6 Å². The Morgan fingerprint density at radius 2 is 2.25 bits per heavy atom. The summed E-state index contributed by atoms with van der Waals surface area (Å²) in [4.78, 5) is 2.68. The number of hydrogen-bond donors (Lipinski definition) is 1. The Balaban J connectivity index is 1.78. The molecular weight excluding hydrogens is 196 g/mol. The van der Waals surface area contributed by atoms with Crippen LogP contribution in [0, 0.1) is 5.92 Å². The van der Waals surface area contributed by atoms with E-state index in [2.05, 4.69) is 37.1 Å². The van der Waals surface area contributed by atoms with Crippen molar-refractivity contribution in [1.82, 2.24) is 10.2 Å². The maximum absolute atomic E-state index is 3.58. The Bertz CT molecular complexity index is 257. The van der Waals surface area contributed by atoms with Crippen molar-refractivity contribution in [2.45, 2.75) is 52.1 Å². The molecule has 2 heteroatoms. The van der Waals surface area contributed by atoms with Crippen LogP contribution in [-0.4, -0.2) is 36.6 Å². The van der Waals surface area contributed by atoms with Crippen molar-refractivity contribution in [3.8, 4) is 0 Å². The van der Waals surface area contributed by atoms with Gasteiger partial charge in [-0.2, -0.15) is 0 Å². The molecule has 2 aliphatic rings. The molecule has 0 aromatic carbocycles. The predicted octanol–water partition coefficient (Wildman–Crippen LogP) is 2.42. The fraction of sp³-hybridized carbons (Fsp3) is 0.857. The van der Waals surface area contributed by atoms with E-state index in [1.54, 1.807) is 5.57 Å². The lowest BCUT2D eigenvalue weighted by Crippen LogP contribution is -2.52. The molecule has 1 aliphatic heterocycles. The van der Waals surface area contributed by atoms with Gasteiger partial charge in [0, 0.05) is 25.2 Å². The third-order valence-electron chi connectivity index (χ3n) is 4.10. The van der Waals surface area contributed by atoms with E-state index in [1.165, 1.54) is 38.9 Å². The molecule has 1 heterocycles. The lowest BCUT2D eigenvalue weighted by molar-refractivity contribution is 0.0674. The number of hydrogen-bond acceptors (Lipinski definition) is 2. The number of nitrogens with one attached hydrogen (secondary N) is 1. The third kappa shape index (κ3) is 2.86. The van der Waals surface area contributed by atoms with Crippen molar-refractivity contribution in [3.63, 3.8) is 0 Å². The lowest BCUT2D eigenvalue weighted by Gasteiger charge is -2.45. The molecule has 1 aliphatic carbocycles. The van der Waals surface area contributed by atoms with Crippen LogP contribution in [0.3, 0.4) is 0 Å². The molecule has 2 unspecified atom stereocenters. The highest BCUT2D eigenvalue weighted by atomic mass is 15.2. The van der Waals surface area contributed by atoms with Crippen molar-refractivity contribution < 1.29 is 0 Å². The molecule has 2 nitrogen and oxygen atoms in total. The average molecular weight is 222 g/mol. The van der Waals surface area contributed by atoms with Crippen LogP contribution < -0.4 is 5.32 Å². The van der Waals surface area contributed by atoms with E-state index in [1.807, 2.05) is 0 Å². The van der Waals surface area contributed by atoms with E-state index in [-0.39, 0.29) is 0 Å². The average Bonchev–Trinajstić information content (AvgIpc) is 2.19. The Morgan fingerprint density at radius 3 is 2.75 bits per heavy atom. The lowest BCUT2D eigenvalue weighted by atomic mass is 9.77. The first-order valence-corrected chi connectivity index (χ1v) is 6.80. The maximum Gasteiger partial charge on any atom is 0.0168 e. The zero-order chi connectivity index (χ0) is 11.5. The van der Waals surface area contributed by atoms with E-state index in [9.17, 15) is 0 Å². The SMILES string of the molecule is CC1=CCN(C2CCC2CNC(C)C)CC1. The number of rotatable bonds is 4. The van der Waals surface area contributed by atoms with Crippen molar-refractivity contribution in [1.29, 1.82) is 0 Å². The summed E-state index contributed by atoms with van der Waals surface area (Å²) in [6.07, 6.45) is 6.52. The monoisotopic (exact) mass is 222 g/mol. The van der Waals surface area contributed by atoms with Crippen LogP contribution >= 0.6 is 0 Å². The van der Waals surface area contributed by atoms with Gasteiger partial charge in [0.05, 0.1) is 0 Å². The van der Waals surface area contributed by atoms with Gasteiger partial charge >= 0.3 is 0 Å². The second-order valence-electron chi connectivity index (χ2n) is 5.76. The van der Waals surface area contributed by atoms with Crippen LogP contribution in [0.1, 0.15) is 40.0 Å². The highest BCUT2D eigenvalue weighted by molar-refractivity contribution is 5.06. The molecule has 0 aromatic rings. The van der Waals surface area contributed by atoms with Gasteiger partial charge in [-0.1, -0.05) is 25.5 Å². The van der Waals surface area contributed by atoms with E-state index >= 15 is 0 Å². The Kier molecular flexibility index (Phi) is 4.04. The van der Waals surface area contributed by atoms with Gasteiger partial charge in [0.15, 0.2) is 0 Å². The summed E-state index contributed by atoms with van der Waals surface area (Å²) in [5.74, 6) is 0.897. The molecule has 92 valence electrons. The maximum atomic E-state index is 3.58. The Morgan fingerprint density at radius 1 is 1.44 bits per heavy atom. The van der Waals surface area contributed by atoms with Gasteiger partial charge < -0.3 is 5.32 Å². The molecule has 16 heavy (non-hydrogen) atoms. The Hall–Kier alpha value is -0.340. The van der Waals surface area contributed by atoms with Gasteiger partial charge in [-0.15, -0.1) is 0 Å². The van der Waals surface area contributed by atoms with Crippen LogP contribution in [0.4, 0.5) is 0 Å². The molecule has 1 saturated carbocycles. The topological polar surface area (TPSA) is 15.3 Å². The summed E-state index contributed by atoms with van der Waals surface area (Å²) in [6, 6.07) is 1.49. The number of nitrogens with zero attached hydrogens (tertiary/aromatic N) is 1. The van der Waals surface area contributed by atoms with Crippen molar-refractivity contribution in [2.75, 3.05) is 19.6 Å². The van der Waals surface area contributed by atoms with E-state index < -0.39 is 0 Å². The van der Waals surface area contributed by atoms with Crippen LogP contribution in [0.5, 0.6) is 0 Å². The summed E-state index contributed by atoms with van der Waals surface area (Å²) < 4.78 is 0. The van der Waals surface area contributed by atoms with E-state index in [0.717, 1.165) is 12.0 Å². The molecule has 2 atom stereocenters. The van der Waals surface area contributed by atoms with Gasteiger partial charge in [0.1, 0.15) is 0 Å². The minimum atomic E-state index is 0.629. The second-order valence-corrected chi connectivity index (χ2v) is 5.76. The minimum Gasteiger partial charge on any atom is -0.314 e. The van der Waals surface area contributed by atoms with Crippen LogP contribution in [-0.2, 0) is 0 Å². The molecule has 0 aromatic heterocycles. The molecule has 0 amide bonds. The molecule has 0 radical (unpaired) electrons. The molecule has 0 bridgehead atoms. The highest BCUT2D eigenvalue weighted by Crippen LogP contribution is 2.33. The van der Waals surface area contributed by atoms with E-state index in [4.69, 9.17) is 0 Å². The molecule has 0 spiro atoms. The van der Waals surface area contributed by atoms with Crippen LogP contribution in [0.2, 0.25) is 0 Å². The quantitative estimate of drug-likeness (QED) is 0.735. The summed E-state index contributed by atoms with van der Waals surface area (Å²) in [6.45, 7) is 10.4. The summed E-state index contributed by atoms with van der Waals surface area (Å²) in [7, 11) is 0. The predicted molar refractivity (Wildman–Crippen MR) is 69.6 cm³/mol. The molecule has 1 fully saturated rings. The first-order valence-electron chi connectivity index (χ1n) is 6.80. The van der Waals surface area contributed by atoms with E-state index in [0.29, 0.717) is 6.04 Å². The standard InChI is InChI=1S/C14H26N2/c1-11(2)15-10-13-4-5-14(13)16-8-6-12(3)7-9-16/h6,11,13-15H,4-5,7-10H2,1-3H3. The molecule has 0 saturated heterocycles. The van der Waals surface area contributed by atoms with Gasteiger partial charge in [-0.25, -0.2) is 0 Å². The largest absolute Gasteiger partial charge is 0.314 e. The molecule has 1 N–H and O–H groups in total. The highest BCUT2D eigenvalue weighted by Gasteiger charge is 2.35. The smallest absolute Gasteiger partial charge is 0.0168 e. The van der Waals surface area contributed by atoms with Crippen LogP contribution in [0.15, 0.2) is 11.6 Å². The summed E-state index contributed by atoms with van der Waals surface area (Å²) in [5, 5.41) is 3.58. The first-order chi connectivity index (χ1) is 7.66. The fourth-order valence-corrected chi connectivity index (χ4v) is 2.74. The Labute approximate surface area is 100 Å². The fourth-order valence-electron chi connectivity index (χ4n) is 2.74. The van der Waals surface area contributed by atoms with Crippen LogP contribution in [0.25, 0.3) is 0 Å². The first kappa shape index (κ1) is 12.1. The second kappa shape index (κ2) is 5.33. The van der Waals surface area contributed by atoms with Crippen molar-refractivity contribution in [2.24, 2.45) is 5.92 Å². The normalized spacial score (nSPS) is 31.4.